The number of anilines is 1. The van der Waals surface area contributed by atoms with E-state index in [9.17, 15) is 18.8 Å². The van der Waals surface area contributed by atoms with Crippen molar-refractivity contribution < 1.29 is 23.0 Å². The van der Waals surface area contributed by atoms with Gasteiger partial charge in [-0.2, -0.15) is 5.26 Å². The fourth-order valence-corrected chi connectivity index (χ4v) is 3.86. The van der Waals surface area contributed by atoms with Crippen LogP contribution in [-0.2, 0) is 10.0 Å². The van der Waals surface area contributed by atoms with Crippen LogP contribution in [0.15, 0.2) is 57.9 Å². The Labute approximate surface area is 180 Å². The molecule has 3 N–H and O–H groups in total. The van der Waals surface area contributed by atoms with Crippen LogP contribution < -0.4 is 9.62 Å². The predicted molar refractivity (Wildman–Crippen MR) is 120 cm³/mol. The highest BCUT2D eigenvalue weighted by atomic mass is 32.2. The van der Waals surface area contributed by atoms with E-state index in [1.54, 1.807) is 18.2 Å². The molecule has 0 saturated carbocycles. The molecule has 3 rings (SSSR count). The molecule has 1 unspecified atom stereocenters. The lowest BCUT2D eigenvalue weighted by Crippen LogP contribution is -2.34. The van der Waals surface area contributed by atoms with Crippen LogP contribution in [0, 0.1) is 11.3 Å². The van der Waals surface area contributed by atoms with E-state index in [2.05, 4.69) is 10.8 Å². The summed E-state index contributed by atoms with van der Waals surface area (Å²) < 4.78 is 32.3. The molecule has 0 saturated heterocycles. The molecule has 162 valence electrons. The molecule has 1 heterocycles. The maximum absolute atomic E-state index is 12.2. The van der Waals surface area contributed by atoms with Crippen LogP contribution in [0.25, 0.3) is 28.2 Å². The van der Waals surface area contributed by atoms with Gasteiger partial charge < -0.3 is 19.5 Å². The molecule has 0 fully saturated rings. The average molecular weight is 442 g/mol. The van der Waals surface area contributed by atoms with Crippen LogP contribution in [-0.4, -0.2) is 52.0 Å². The maximum Gasteiger partial charge on any atom is 0.250 e. The van der Waals surface area contributed by atoms with Gasteiger partial charge in [-0.15, -0.1) is 0 Å². The average Bonchev–Trinajstić information content (AvgIpc) is 3.23. The van der Waals surface area contributed by atoms with Crippen molar-refractivity contribution in [1.82, 2.24) is 4.72 Å². The first kappa shape index (κ1) is 22.5. The zero-order valence-electron chi connectivity index (χ0n) is 17.1. The molecule has 0 bridgehead atoms. The first-order valence-electron chi connectivity index (χ1n) is 9.45. The summed E-state index contributed by atoms with van der Waals surface area (Å²) in [5.74, 6) is 0.728. The van der Waals surface area contributed by atoms with E-state index >= 15 is 0 Å². The lowest BCUT2D eigenvalue weighted by Gasteiger charge is -2.13. The van der Waals surface area contributed by atoms with E-state index in [4.69, 9.17) is 9.52 Å². The molecular weight excluding hydrogens is 418 g/mol. The summed E-state index contributed by atoms with van der Waals surface area (Å²) in [4.78, 5) is 1.46. The number of benzene rings is 2. The second-order valence-corrected chi connectivity index (χ2v) is 8.89. The Kier molecular flexibility index (Phi) is 6.77. The van der Waals surface area contributed by atoms with Crippen LogP contribution >= 0.6 is 0 Å². The largest absolute Gasteiger partial charge is 0.457 e. The second kappa shape index (κ2) is 9.32. The molecule has 0 aliphatic carbocycles. The molecule has 0 aliphatic heterocycles. The number of hydrogen-bond donors (Lipinski definition) is 3. The van der Waals surface area contributed by atoms with Crippen molar-refractivity contribution in [2.75, 3.05) is 32.1 Å². The van der Waals surface area contributed by atoms with Gasteiger partial charge in [-0.25, -0.2) is 13.1 Å². The highest BCUT2D eigenvalue weighted by molar-refractivity contribution is 7.93. The zero-order valence-corrected chi connectivity index (χ0v) is 17.9. The smallest absolute Gasteiger partial charge is 0.250 e. The Hall–Kier alpha value is -3.16. The Balaban J connectivity index is 1.86. The molecule has 0 aliphatic rings. The normalized spacial score (nSPS) is 13.2. The van der Waals surface area contributed by atoms with Gasteiger partial charge in [0.15, 0.2) is 4.91 Å². The molecule has 9 heteroatoms. The van der Waals surface area contributed by atoms with Gasteiger partial charge in [0.2, 0.25) is 0 Å². The van der Waals surface area contributed by atoms with Crippen molar-refractivity contribution in [1.29, 1.82) is 5.26 Å². The molecular formula is C22H23N3O5S. The van der Waals surface area contributed by atoms with Crippen LogP contribution in [0.3, 0.4) is 0 Å². The van der Waals surface area contributed by atoms with Gasteiger partial charge in [0.1, 0.15) is 17.6 Å². The number of fused-ring (bicyclic) bond motifs is 1. The summed E-state index contributed by atoms with van der Waals surface area (Å²) in [5.41, 5.74) is 1.91. The fourth-order valence-electron chi connectivity index (χ4n) is 2.90. The summed E-state index contributed by atoms with van der Waals surface area (Å²) in [5, 5.41) is 29.5. The number of nitrogens with zero attached hydrogens (tertiary/aromatic N) is 2. The Morgan fingerprint density at radius 3 is 2.58 bits per heavy atom. The van der Waals surface area contributed by atoms with Gasteiger partial charge in [-0.3, -0.25) is 0 Å². The van der Waals surface area contributed by atoms with Gasteiger partial charge >= 0.3 is 0 Å². The molecule has 1 atom stereocenters. The van der Waals surface area contributed by atoms with Gasteiger partial charge in [0.25, 0.3) is 10.0 Å². The monoisotopic (exact) mass is 441 g/mol. The van der Waals surface area contributed by atoms with Gasteiger partial charge in [-0.1, -0.05) is 18.2 Å². The van der Waals surface area contributed by atoms with E-state index < -0.39 is 34.2 Å². The lowest BCUT2D eigenvalue weighted by atomic mass is 10.0. The van der Waals surface area contributed by atoms with Crippen molar-refractivity contribution in [2.24, 2.45) is 0 Å². The second-order valence-electron chi connectivity index (χ2n) is 7.15. The van der Waals surface area contributed by atoms with E-state index in [1.165, 1.54) is 0 Å². The van der Waals surface area contributed by atoms with Gasteiger partial charge in [-0.05, 0) is 41.1 Å². The van der Waals surface area contributed by atoms with Crippen molar-refractivity contribution in [2.45, 2.75) is 6.10 Å². The number of sulfonamides is 1. The van der Waals surface area contributed by atoms with Crippen LogP contribution in [0.1, 0.15) is 5.76 Å². The number of allylic oxidation sites excluding steroid dienone is 1. The predicted octanol–water partition coefficient (Wildman–Crippen LogP) is 2.30. The number of hydrogen-bond acceptors (Lipinski definition) is 7. The highest BCUT2D eigenvalue weighted by Crippen LogP contribution is 2.29. The minimum absolute atomic E-state index is 0.197. The third kappa shape index (κ3) is 5.31. The first-order chi connectivity index (χ1) is 14.7. The summed E-state index contributed by atoms with van der Waals surface area (Å²) in [7, 11) is -0.197. The van der Waals surface area contributed by atoms with E-state index in [0.29, 0.717) is 5.76 Å². The Morgan fingerprint density at radius 2 is 1.90 bits per heavy atom. The molecule has 1 aromatic heterocycles. The summed E-state index contributed by atoms with van der Waals surface area (Å²) in [6.45, 7) is -1.01. The van der Waals surface area contributed by atoms with Crippen LogP contribution in [0.4, 0.5) is 5.69 Å². The topological polar surface area (TPSA) is 127 Å². The summed E-state index contributed by atoms with van der Waals surface area (Å²) in [6.07, 6.45) is -0.145. The van der Waals surface area contributed by atoms with Crippen LogP contribution in [0.5, 0.6) is 0 Å². The van der Waals surface area contributed by atoms with Gasteiger partial charge in [0, 0.05) is 38.0 Å². The number of nitriles is 1. The number of nitrogens with one attached hydrogen (secondary N) is 1. The highest BCUT2D eigenvalue weighted by Gasteiger charge is 2.19. The SMILES string of the molecule is CN(C)c1ccc2cc(-c3ccc(C=C(C#N)S(=O)(=O)NCC(O)CO)o3)ccc2c1. The van der Waals surface area contributed by atoms with E-state index in [-0.39, 0.29) is 5.76 Å². The summed E-state index contributed by atoms with van der Waals surface area (Å²) >= 11 is 0. The maximum atomic E-state index is 12.2. The Morgan fingerprint density at radius 1 is 1.19 bits per heavy atom. The first-order valence-corrected chi connectivity index (χ1v) is 10.9. The van der Waals surface area contributed by atoms with Crippen molar-refractivity contribution in [3.05, 3.63) is 59.2 Å². The van der Waals surface area contributed by atoms with Crippen molar-refractivity contribution in [3.63, 3.8) is 0 Å². The van der Waals surface area contributed by atoms with Crippen molar-refractivity contribution >= 4 is 32.6 Å². The van der Waals surface area contributed by atoms with E-state index in [1.807, 2.05) is 49.3 Å². The van der Waals surface area contributed by atoms with Crippen molar-refractivity contribution in [3.8, 4) is 17.4 Å². The number of rotatable bonds is 8. The zero-order chi connectivity index (χ0) is 22.6. The lowest BCUT2D eigenvalue weighted by molar-refractivity contribution is 0.0989. The van der Waals surface area contributed by atoms with Crippen LogP contribution in [0.2, 0.25) is 0 Å². The fraction of sp³-hybridized carbons (Fsp3) is 0.227. The standard InChI is InChI=1S/C22H23N3O5S/c1-25(2)18-6-5-15-9-17(4-3-16(15)10-18)22-8-7-20(30-22)11-21(12-23)31(28,29)24-13-19(27)14-26/h3-11,19,24,26-27H,13-14H2,1-2H3. The summed E-state index contributed by atoms with van der Waals surface area (Å²) in [6, 6.07) is 16.9. The molecule has 8 nitrogen and oxygen atoms in total. The van der Waals surface area contributed by atoms with E-state index in [0.717, 1.165) is 28.1 Å². The molecule has 0 radical (unpaired) electrons. The third-order valence-corrected chi connectivity index (χ3v) is 5.98. The minimum atomic E-state index is -4.16. The molecule has 3 aromatic rings. The molecule has 0 spiro atoms. The molecule has 0 amide bonds. The number of furan rings is 1. The minimum Gasteiger partial charge on any atom is -0.457 e. The van der Waals surface area contributed by atoms with Gasteiger partial charge in [0.05, 0.1) is 12.7 Å². The quantitative estimate of drug-likeness (QED) is 0.458. The number of aliphatic hydroxyl groups excluding tert-OH is 2. The molecule has 31 heavy (non-hydrogen) atoms. The molecule has 2 aromatic carbocycles. The third-order valence-electron chi connectivity index (χ3n) is 4.64. The Bertz CT molecular complexity index is 1260. The number of aliphatic hydroxyl groups is 2.